The van der Waals surface area contributed by atoms with Gasteiger partial charge in [0, 0.05) is 12.8 Å². The van der Waals surface area contributed by atoms with Gasteiger partial charge in [-0.1, -0.05) is 25.3 Å². The van der Waals surface area contributed by atoms with E-state index in [1.807, 2.05) is 12.1 Å². The molecule has 1 aromatic heterocycles. The van der Waals surface area contributed by atoms with E-state index in [9.17, 15) is 0 Å². The van der Waals surface area contributed by atoms with E-state index in [4.69, 9.17) is 10.6 Å². The second-order valence-electron chi connectivity index (χ2n) is 4.72. The van der Waals surface area contributed by atoms with Crippen molar-refractivity contribution in [1.29, 1.82) is 0 Å². The summed E-state index contributed by atoms with van der Waals surface area (Å²) in [7, 11) is 0. The number of nitrogens with one attached hydrogen (secondary N) is 1. The minimum atomic E-state index is 0.647. The molecule has 1 aliphatic carbocycles. The molecule has 0 aromatic carbocycles. The van der Waals surface area contributed by atoms with E-state index in [2.05, 4.69) is 10.4 Å². The lowest BCUT2D eigenvalue weighted by Gasteiger charge is -2.21. The van der Waals surface area contributed by atoms with Gasteiger partial charge in [-0.2, -0.15) is 0 Å². The zero-order chi connectivity index (χ0) is 11.9. The molecule has 3 N–H and O–H groups in total. The highest BCUT2D eigenvalue weighted by Gasteiger charge is 2.13. The smallest absolute Gasteiger partial charge is 0.139 e. The molecular weight excluding hydrogens is 214 g/mol. The Labute approximate surface area is 103 Å². The second kappa shape index (κ2) is 6.57. The largest absolute Gasteiger partial charge is 0.376 e. The summed E-state index contributed by atoms with van der Waals surface area (Å²) in [5.74, 6) is 6.70. The molecule has 17 heavy (non-hydrogen) atoms. The highest BCUT2D eigenvalue weighted by atomic mass is 16.5. The Morgan fingerprint density at radius 1 is 1.29 bits per heavy atom. The number of pyridine rings is 1. The van der Waals surface area contributed by atoms with Gasteiger partial charge in [0.15, 0.2) is 0 Å². The van der Waals surface area contributed by atoms with Crippen molar-refractivity contribution >= 4 is 5.82 Å². The Morgan fingerprint density at radius 3 is 2.76 bits per heavy atom. The summed E-state index contributed by atoms with van der Waals surface area (Å²) in [6.07, 6.45) is 8.59. The van der Waals surface area contributed by atoms with Gasteiger partial charge in [-0.15, -0.1) is 0 Å². The number of hydrazine groups is 1. The molecule has 4 heteroatoms. The summed E-state index contributed by atoms with van der Waals surface area (Å²) in [4.78, 5) is 4.15. The fourth-order valence-corrected chi connectivity index (χ4v) is 2.29. The molecule has 0 spiro atoms. The van der Waals surface area contributed by atoms with Crippen LogP contribution in [-0.4, -0.2) is 11.6 Å². The third kappa shape index (κ3) is 3.98. The van der Waals surface area contributed by atoms with Gasteiger partial charge in [0.25, 0.3) is 0 Å². The first kappa shape index (κ1) is 12.3. The van der Waals surface area contributed by atoms with Crippen LogP contribution < -0.4 is 11.3 Å². The molecule has 0 aliphatic heterocycles. The topological polar surface area (TPSA) is 60.2 Å². The minimum absolute atomic E-state index is 0.647. The molecule has 0 amide bonds. The van der Waals surface area contributed by atoms with Crippen molar-refractivity contribution in [1.82, 2.24) is 4.98 Å². The SMILES string of the molecule is NNc1ccc(COCC2CCCCC2)cn1. The van der Waals surface area contributed by atoms with Gasteiger partial charge in [-0.05, 0) is 30.4 Å². The van der Waals surface area contributed by atoms with Crippen molar-refractivity contribution in [3.8, 4) is 0 Å². The number of anilines is 1. The van der Waals surface area contributed by atoms with Gasteiger partial charge in [0.05, 0.1) is 6.61 Å². The van der Waals surface area contributed by atoms with E-state index in [-0.39, 0.29) is 0 Å². The van der Waals surface area contributed by atoms with Crippen molar-refractivity contribution in [3.05, 3.63) is 23.9 Å². The van der Waals surface area contributed by atoms with Crippen LogP contribution in [0.3, 0.4) is 0 Å². The fourth-order valence-electron chi connectivity index (χ4n) is 2.29. The Bertz CT molecular complexity index is 320. The van der Waals surface area contributed by atoms with Crippen LogP contribution in [0.1, 0.15) is 37.7 Å². The first-order valence-corrected chi connectivity index (χ1v) is 6.38. The Balaban J connectivity index is 1.69. The van der Waals surface area contributed by atoms with Crippen LogP contribution in [0.2, 0.25) is 0 Å². The molecule has 2 rings (SSSR count). The third-order valence-electron chi connectivity index (χ3n) is 3.32. The summed E-state index contributed by atoms with van der Waals surface area (Å²) in [6, 6.07) is 3.85. The average Bonchev–Trinajstić information content (AvgIpc) is 2.41. The second-order valence-corrected chi connectivity index (χ2v) is 4.72. The van der Waals surface area contributed by atoms with Gasteiger partial charge in [0.2, 0.25) is 0 Å². The predicted octanol–water partition coefficient (Wildman–Crippen LogP) is 2.46. The molecule has 0 bridgehead atoms. The zero-order valence-electron chi connectivity index (χ0n) is 10.2. The molecule has 4 nitrogen and oxygen atoms in total. The van der Waals surface area contributed by atoms with Crippen LogP contribution in [0.25, 0.3) is 0 Å². The van der Waals surface area contributed by atoms with Crippen molar-refractivity contribution in [2.75, 3.05) is 12.0 Å². The number of ether oxygens (including phenoxy) is 1. The van der Waals surface area contributed by atoms with E-state index >= 15 is 0 Å². The summed E-state index contributed by atoms with van der Waals surface area (Å²) in [5.41, 5.74) is 3.61. The molecule has 0 atom stereocenters. The van der Waals surface area contributed by atoms with Crippen molar-refractivity contribution in [2.24, 2.45) is 11.8 Å². The maximum absolute atomic E-state index is 5.74. The Kier molecular flexibility index (Phi) is 4.76. The number of nitrogen functional groups attached to an aromatic ring is 1. The summed E-state index contributed by atoms with van der Waals surface area (Å²) >= 11 is 0. The highest BCUT2D eigenvalue weighted by Crippen LogP contribution is 2.23. The Morgan fingerprint density at radius 2 is 2.12 bits per heavy atom. The highest BCUT2D eigenvalue weighted by molar-refractivity contribution is 5.33. The van der Waals surface area contributed by atoms with E-state index in [1.54, 1.807) is 6.20 Å². The van der Waals surface area contributed by atoms with Crippen LogP contribution >= 0.6 is 0 Å². The fraction of sp³-hybridized carbons (Fsp3) is 0.615. The van der Waals surface area contributed by atoms with Gasteiger partial charge in [-0.3, -0.25) is 0 Å². The molecule has 0 unspecified atom stereocenters. The standard InChI is InChI=1S/C13H21N3O/c14-16-13-7-6-12(8-15-13)10-17-9-11-4-2-1-3-5-11/h6-8,11H,1-5,9-10,14H2,(H,15,16). The number of rotatable bonds is 5. The van der Waals surface area contributed by atoms with Crippen LogP contribution in [0, 0.1) is 5.92 Å². The van der Waals surface area contributed by atoms with Gasteiger partial charge in [0.1, 0.15) is 5.82 Å². The van der Waals surface area contributed by atoms with Crippen LogP contribution in [0.4, 0.5) is 5.82 Å². The van der Waals surface area contributed by atoms with Gasteiger partial charge in [-0.25, -0.2) is 10.8 Å². The average molecular weight is 235 g/mol. The maximum Gasteiger partial charge on any atom is 0.139 e. The zero-order valence-corrected chi connectivity index (χ0v) is 10.2. The number of nitrogens with zero attached hydrogens (tertiary/aromatic N) is 1. The van der Waals surface area contributed by atoms with Gasteiger partial charge < -0.3 is 10.2 Å². The normalized spacial score (nSPS) is 17.0. The van der Waals surface area contributed by atoms with E-state index in [1.165, 1.54) is 32.1 Å². The number of nitrogens with two attached hydrogens (primary N) is 1. The van der Waals surface area contributed by atoms with Crippen LogP contribution in [0.5, 0.6) is 0 Å². The molecule has 1 fully saturated rings. The monoisotopic (exact) mass is 235 g/mol. The quantitative estimate of drug-likeness (QED) is 0.608. The number of hydrogen-bond donors (Lipinski definition) is 2. The first-order valence-electron chi connectivity index (χ1n) is 6.38. The molecule has 1 aliphatic rings. The van der Waals surface area contributed by atoms with Crippen molar-refractivity contribution in [3.63, 3.8) is 0 Å². The molecule has 94 valence electrons. The molecular formula is C13H21N3O. The predicted molar refractivity (Wildman–Crippen MR) is 68.3 cm³/mol. The molecule has 1 heterocycles. The maximum atomic E-state index is 5.74. The van der Waals surface area contributed by atoms with E-state index in [0.29, 0.717) is 12.4 Å². The molecule has 0 radical (unpaired) electrons. The van der Waals surface area contributed by atoms with E-state index < -0.39 is 0 Å². The lowest BCUT2D eigenvalue weighted by molar-refractivity contribution is 0.0738. The van der Waals surface area contributed by atoms with Crippen LogP contribution in [0.15, 0.2) is 18.3 Å². The summed E-state index contributed by atoms with van der Waals surface area (Å²) < 4.78 is 5.74. The van der Waals surface area contributed by atoms with Gasteiger partial charge >= 0.3 is 0 Å². The number of aromatic nitrogens is 1. The van der Waals surface area contributed by atoms with Crippen molar-refractivity contribution in [2.45, 2.75) is 38.7 Å². The lowest BCUT2D eigenvalue weighted by Crippen LogP contribution is -2.13. The molecule has 1 aromatic rings. The third-order valence-corrected chi connectivity index (χ3v) is 3.32. The first-order chi connectivity index (χ1) is 8.38. The Hall–Kier alpha value is -1.13. The summed E-state index contributed by atoms with van der Waals surface area (Å²) in [5, 5.41) is 0. The summed E-state index contributed by atoms with van der Waals surface area (Å²) in [6.45, 7) is 1.53. The minimum Gasteiger partial charge on any atom is -0.376 e. The van der Waals surface area contributed by atoms with Crippen LogP contribution in [-0.2, 0) is 11.3 Å². The van der Waals surface area contributed by atoms with E-state index in [0.717, 1.165) is 18.1 Å². The van der Waals surface area contributed by atoms with Crippen molar-refractivity contribution < 1.29 is 4.74 Å². The molecule has 1 saturated carbocycles. The lowest BCUT2D eigenvalue weighted by atomic mass is 9.90. The number of hydrogen-bond acceptors (Lipinski definition) is 4. The molecule has 0 saturated heterocycles.